The lowest BCUT2D eigenvalue weighted by molar-refractivity contribution is 0.660. The molecule has 13 aromatic rings. The van der Waals surface area contributed by atoms with E-state index in [-0.39, 0.29) is 35.1 Å². The Morgan fingerprint density at radius 1 is 0.259 bits per heavy atom. The van der Waals surface area contributed by atoms with Crippen molar-refractivity contribution in [2.75, 3.05) is 9.80 Å². The van der Waals surface area contributed by atoms with Crippen LogP contribution in [0.1, 0.15) is 76.3 Å². The highest BCUT2D eigenvalue weighted by Crippen LogP contribution is 2.65. The van der Waals surface area contributed by atoms with Gasteiger partial charge in [0.25, 0.3) is 0 Å². The third kappa shape index (κ3) is 6.94. The highest BCUT2D eigenvalue weighted by Gasteiger charge is 2.53. The number of rotatable bonds is 9. The predicted octanol–water partition coefficient (Wildman–Crippen LogP) is 21.3. The zero-order valence-electron chi connectivity index (χ0n) is 52.0. The van der Waals surface area contributed by atoms with Crippen molar-refractivity contribution < 1.29 is 6.85 Å². The lowest BCUT2D eigenvalue weighted by Crippen LogP contribution is -2.28. The van der Waals surface area contributed by atoms with Gasteiger partial charge in [0.1, 0.15) is 0 Å². The van der Waals surface area contributed by atoms with E-state index in [0.717, 1.165) is 50.7 Å². The van der Waals surface area contributed by atoms with Crippen LogP contribution in [-0.2, 0) is 16.2 Å². The Morgan fingerprint density at radius 2 is 0.600 bits per heavy atom. The first-order valence-electron chi connectivity index (χ1n) is 31.9. The summed E-state index contributed by atoms with van der Waals surface area (Å²) in [5, 5.41) is 0. The van der Waals surface area contributed by atoms with Crippen molar-refractivity contribution in [3.63, 3.8) is 0 Å². The molecule has 4 aliphatic carbocycles. The minimum Gasteiger partial charge on any atom is -0.310 e. The van der Waals surface area contributed by atoms with Crippen LogP contribution in [0.5, 0.6) is 0 Å². The van der Waals surface area contributed by atoms with E-state index in [9.17, 15) is 2.74 Å². The van der Waals surface area contributed by atoms with Crippen LogP contribution >= 0.6 is 0 Å². The lowest BCUT2D eigenvalue weighted by atomic mass is 9.67. The standard InChI is InChI=1S/C83H58N2/c1-81(2)72-38-20-15-34-64(72)68-47-45-61(51-76(68)81)85(80-42-24-19-33-63(80)55-25-7-3-8-26-55)62-46-50-71-67-37-18-23-41-75(67)83(79(71)54-62)74-40-22-17-36-66(74)70-49-44-60(53-78(70)83)84(58-31-13-6-14-32-58)59-43-48-69-65-35-16-21-39-73(65)82(77(69)52-59,56-27-9-4-10-28-56)57-29-11-5-12-30-57/h3-54H,1-2H3/i3D,7D,8D,25D,26D. The fourth-order valence-electron chi connectivity index (χ4n) is 15.5. The number of nitrogens with zero attached hydrogens (tertiary/aromatic N) is 2. The number of fused-ring (bicyclic) bond motifs is 16. The van der Waals surface area contributed by atoms with Crippen LogP contribution in [0.4, 0.5) is 34.1 Å². The molecule has 0 saturated heterocycles. The maximum atomic E-state index is 9.38. The molecule has 4 aliphatic rings. The predicted molar refractivity (Wildman–Crippen MR) is 352 cm³/mol. The fraction of sp³-hybridized carbons (Fsp3) is 0.0602. The molecular formula is C83H58N2. The molecule has 17 rings (SSSR count). The van der Waals surface area contributed by atoms with E-state index in [1.807, 2.05) is 24.3 Å². The third-order valence-corrected chi connectivity index (χ3v) is 19.0. The van der Waals surface area contributed by atoms with Gasteiger partial charge in [0.2, 0.25) is 0 Å². The van der Waals surface area contributed by atoms with Crippen LogP contribution in [-0.4, -0.2) is 0 Å². The van der Waals surface area contributed by atoms with Crippen molar-refractivity contribution in [1.82, 2.24) is 0 Å². The Bertz CT molecular complexity index is 5050. The molecule has 400 valence electrons. The van der Waals surface area contributed by atoms with Gasteiger partial charge in [0.15, 0.2) is 0 Å². The van der Waals surface area contributed by atoms with E-state index >= 15 is 0 Å². The van der Waals surface area contributed by atoms with Crippen LogP contribution in [0.15, 0.2) is 315 Å². The van der Waals surface area contributed by atoms with E-state index in [0.29, 0.717) is 11.3 Å². The van der Waals surface area contributed by atoms with Crippen molar-refractivity contribution in [3.8, 4) is 55.6 Å². The second kappa shape index (κ2) is 18.7. The van der Waals surface area contributed by atoms with E-state index in [2.05, 4.69) is 285 Å². The van der Waals surface area contributed by atoms with Crippen molar-refractivity contribution in [1.29, 1.82) is 0 Å². The Kier molecular flexibility index (Phi) is 9.72. The number of anilines is 6. The van der Waals surface area contributed by atoms with Gasteiger partial charge in [-0.15, -0.1) is 0 Å². The van der Waals surface area contributed by atoms with Gasteiger partial charge in [-0.3, -0.25) is 0 Å². The van der Waals surface area contributed by atoms with Crippen LogP contribution in [0.3, 0.4) is 0 Å². The van der Waals surface area contributed by atoms with Crippen molar-refractivity contribution in [2.24, 2.45) is 0 Å². The minimum absolute atomic E-state index is 0.147. The summed E-state index contributed by atoms with van der Waals surface area (Å²) in [7, 11) is 0. The van der Waals surface area contributed by atoms with Crippen LogP contribution in [0.2, 0.25) is 0 Å². The average molecular weight is 1090 g/mol. The molecule has 1 atom stereocenters. The summed E-state index contributed by atoms with van der Waals surface area (Å²) in [6.07, 6.45) is 0. The zero-order valence-corrected chi connectivity index (χ0v) is 47.0. The molecule has 1 unspecified atom stereocenters. The molecular weight excluding hydrogens is 1020 g/mol. The summed E-state index contributed by atoms with van der Waals surface area (Å²) in [6.45, 7) is 4.58. The first-order valence-corrected chi connectivity index (χ1v) is 29.4. The van der Waals surface area contributed by atoms with E-state index in [1.54, 1.807) is 0 Å². The van der Waals surface area contributed by atoms with Gasteiger partial charge < -0.3 is 9.80 Å². The van der Waals surface area contributed by atoms with E-state index in [4.69, 9.17) is 4.11 Å². The second-order valence-electron chi connectivity index (χ2n) is 23.5. The average Bonchev–Trinajstić information content (AvgIpc) is 1.51. The van der Waals surface area contributed by atoms with E-state index < -0.39 is 16.9 Å². The SMILES string of the molecule is [2H]c1c([2H])c([2H])c(-c2ccccc2N(c2ccc3c(c2)C(C)(C)c2ccccc2-3)c2ccc3c(c2)C2(c4ccccc4-c4ccc(N(c5ccccc5)c5ccc6c(c5)C(c5ccccc5)(c5ccccc5)c5ccccc5-6)cc42)c2ccccc2-3)c([2H])c1[2H]. The van der Waals surface area contributed by atoms with Gasteiger partial charge in [-0.1, -0.05) is 262 Å². The van der Waals surface area contributed by atoms with Gasteiger partial charge in [0, 0.05) is 39.4 Å². The molecule has 0 bridgehead atoms. The molecule has 13 aromatic carbocycles. The molecule has 2 heteroatoms. The molecule has 0 N–H and O–H groups in total. The summed E-state index contributed by atoms with van der Waals surface area (Å²) in [6, 6.07) is 102. The molecule has 0 saturated carbocycles. The molecule has 85 heavy (non-hydrogen) atoms. The summed E-state index contributed by atoms with van der Waals surface area (Å²) in [5.74, 6) is 0. The molecule has 0 radical (unpaired) electrons. The number of para-hydroxylation sites is 2. The van der Waals surface area contributed by atoms with Crippen molar-refractivity contribution in [3.05, 3.63) is 371 Å². The van der Waals surface area contributed by atoms with Crippen molar-refractivity contribution >= 4 is 34.1 Å². The highest BCUT2D eigenvalue weighted by atomic mass is 15.2. The maximum Gasteiger partial charge on any atom is 0.0727 e. The molecule has 0 aliphatic heterocycles. The maximum absolute atomic E-state index is 9.38. The first-order chi connectivity index (χ1) is 44.0. The van der Waals surface area contributed by atoms with Crippen molar-refractivity contribution in [2.45, 2.75) is 30.1 Å². The van der Waals surface area contributed by atoms with Crippen LogP contribution in [0, 0.1) is 0 Å². The Labute approximate surface area is 504 Å². The first kappa shape index (κ1) is 44.1. The highest BCUT2D eigenvalue weighted by molar-refractivity contribution is 5.99. The minimum atomic E-state index is -0.804. The Morgan fingerprint density at radius 3 is 1.09 bits per heavy atom. The van der Waals surface area contributed by atoms with Gasteiger partial charge in [-0.2, -0.15) is 0 Å². The Hall–Kier alpha value is -10.5. The normalized spacial score (nSPS) is 16.2. The van der Waals surface area contributed by atoms with Gasteiger partial charge in [-0.05, 0) is 172 Å². The monoisotopic (exact) mass is 1090 g/mol. The topological polar surface area (TPSA) is 6.48 Å². The molecule has 0 aromatic heterocycles. The smallest absolute Gasteiger partial charge is 0.0727 e. The largest absolute Gasteiger partial charge is 0.310 e. The number of hydrogen-bond donors (Lipinski definition) is 0. The summed E-state index contributed by atoms with van der Waals surface area (Å²) in [4.78, 5) is 4.68. The van der Waals surface area contributed by atoms with Gasteiger partial charge in [-0.25, -0.2) is 0 Å². The molecule has 1 spiro atoms. The second-order valence-corrected chi connectivity index (χ2v) is 23.5. The summed E-state index contributed by atoms with van der Waals surface area (Å²) in [5.41, 5.74) is 26.0. The number of benzene rings is 13. The summed E-state index contributed by atoms with van der Waals surface area (Å²) < 4.78 is 45.2. The van der Waals surface area contributed by atoms with Gasteiger partial charge in [0.05, 0.1) is 23.4 Å². The van der Waals surface area contributed by atoms with Crippen LogP contribution < -0.4 is 9.80 Å². The molecule has 0 heterocycles. The van der Waals surface area contributed by atoms with Gasteiger partial charge >= 0.3 is 0 Å². The van der Waals surface area contributed by atoms with E-state index in [1.165, 1.54) is 77.9 Å². The number of hydrogen-bond acceptors (Lipinski definition) is 2. The quantitative estimate of drug-likeness (QED) is 0.142. The summed E-state index contributed by atoms with van der Waals surface area (Å²) >= 11 is 0. The zero-order chi connectivity index (χ0) is 60.8. The fourth-order valence-corrected chi connectivity index (χ4v) is 15.5. The van der Waals surface area contributed by atoms with Crippen LogP contribution in [0.25, 0.3) is 55.6 Å². The lowest BCUT2D eigenvalue weighted by Gasteiger charge is -2.35. The Balaban J connectivity index is 0.904. The molecule has 0 fully saturated rings. The third-order valence-electron chi connectivity index (χ3n) is 19.0. The molecule has 2 nitrogen and oxygen atoms in total. The molecule has 0 amide bonds.